The molecule has 2 aromatic carbocycles. The second-order valence-corrected chi connectivity index (χ2v) is 14.2. The number of phenols is 1. The molecule has 0 amide bonds. The number of hydrogen-bond donors (Lipinski definition) is 6. The molecule has 0 aliphatic heterocycles. The number of phenolic OH excluding ortho intramolecular Hbond substituents is 1. The maximum atomic E-state index is 14.6. The van der Waals surface area contributed by atoms with Gasteiger partial charge in [-0.15, -0.1) is 22.7 Å². The molecule has 0 spiro atoms. The van der Waals surface area contributed by atoms with Crippen molar-refractivity contribution >= 4 is 83.6 Å². The Morgan fingerprint density at radius 3 is 2.11 bits per heavy atom. The molecule has 0 bridgehead atoms. The van der Waals surface area contributed by atoms with Gasteiger partial charge in [0.2, 0.25) is 11.9 Å². The number of ketones is 2. The quantitative estimate of drug-likeness (QED) is 0.0452. The summed E-state index contributed by atoms with van der Waals surface area (Å²) in [6.45, 7) is 4.60. The molecule has 1 atom stereocenters. The number of aliphatic hydroxyl groups excluding tert-OH is 1. The summed E-state index contributed by atoms with van der Waals surface area (Å²) in [4.78, 5) is 54.0. The Morgan fingerprint density at radius 2 is 1.55 bits per heavy atom. The summed E-state index contributed by atoms with van der Waals surface area (Å²) in [7, 11) is 0. The first kappa shape index (κ1) is 36.9. The van der Waals surface area contributed by atoms with Crippen LogP contribution in [0.2, 0.25) is 0 Å². The number of nitrogens with two attached hydrogens (primary N) is 2. The second kappa shape index (κ2) is 15.0. The summed E-state index contributed by atoms with van der Waals surface area (Å²) in [5, 5.41) is 37.4. The minimum Gasteiger partial charge on any atom is -0.505 e. The molecule has 6 aromatic rings. The van der Waals surface area contributed by atoms with Crippen LogP contribution in [0.25, 0.3) is 42.9 Å². The molecule has 274 valence electrons. The lowest BCUT2D eigenvalue weighted by Crippen LogP contribution is -2.24. The van der Waals surface area contributed by atoms with E-state index in [1.165, 1.54) is 55.5 Å². The van der Waals surface area contributed by atoms with Crippen LogP contribution in [0, 0.1) is 15.9 Å². The molecule has 1 aliphatic carbocycles. The number of nitrogens with one attached hydrogen (secondary N) is 2. The number of aromatic hydroxyl groups is 1. The fourth-order valence-corrected chi connectivity index (χ4v) is 7.42. The molecule has 4 aromatic heterocycles. The van der Waals surface area contributed by atoms with Gasteiger partial charge in [0.15, 0.2) is 23.1 Å². The molecular formula is C35H34FN9O6S2. The highest BCUT2D eigenvalue weighted by Crippen LogP contribution is 2.42. The first-order valence-electron chi connectivity index (χ1n) is 16.4. The van der Waals surface area contributed by atoms with E-state index in [0.717, 1.165) is 24.2 Å². The minimum absolute atomic E-state index is 0.0356. The number of halogens is 1. The van der Waals surface area contributed by atoms with E-state index in [-0.39, 0.29) is 52.8 Å². The van der Waals surface area contributed by atoms with Crippen molar-refractivity contribution in [3.05, 3.63) is 68.2 Å². The molecular weight excluding hydrogens is 726 g/mol. The number of nitro groups is 1. The summed E-state index contributed by atoms with van der Waals surface area (Å²) in [5.74, 6) is -1.11. The molecule has 8 N–H and O–H groups in total. The van der Waals surface area contributed by atoms with Gasteiger partial charge < -0.3 is 32.3 Å². The normalized spacial score (nSPS) is 13.0. The summed E-state index contributed by atoms with van der Waals surface area (Å²) in [6, 6.07) is 10.5. The van der Waals surface area contributed by atoms with E-state index < -0.39 is 16.5 Å². The predicted molar refractivity (Wildman–Crippen MR) is 204 cm³/mol. The van der Waals surface area contributed by atoms with Crippen LogP contribution in [0.5, 0.6) is 5.75 Å². The number of anilines is 4. The zero-order valence-electron chi connectivity index (χ0n) is 28.6. The molecule has 1 aliphatic rings. The van der Waals surface area contributed by atoms with Crippen LogP contribution < -0.4 is 22.1 Å². The average molecular weight is 760 g/mol. The number of nitro benzene ring substituents is 1. The molecule has 1 saturated carbocycles. The van der Waals surface area contributed by atoms with E-state index in [9.17, 15) is 34.3 Å². The molecule has 0 radical (unpaired) electrons. The molecule has 0 saturated heterocycles. The van der Waals surface area contributed by atoms with Gasteiger partial charge in [-0.05, 0) is 31.4 Å². The number of Topliss-reactive ketones (excluding diaryl/α,β-unsaturated/α-hetero) is 2. The van der Waals surface area contributed by atoms with Gasteiger partial charge in [0.1, 0.15) is 9.66 Å². The van der Waals surface area contributed by atoms with Crippen molar-refractivity contribution in [2.24, 2.45) is 0 Å². The number of non-ortho nitro benzene ring substituents is 1. The SMILES string of the molecule is CC(=O)c1sc2nc(NC3CC3)nc(-c3cccc([N+](=O)[O-])c3)c2c1N.CC[C@H](CO)Nc1nc(-c2cccc(O)c2F)c2c(N)c(C(C)=O)sc2n1. The van der Waals surface area contributed by atoms with Gasteiger partial charge in [0.05, 0.1) is 60.9 Å². The standard InChI is InChI=1S/C18H19FN4O3S.C17H15N5O3S/c1-3-9(7-24)21-18-22-15(10-5-4-6-11(26)13(10)19)12-14(20)16(8(2)25)27-17(12)23-18;1-8(23)15-13(18)12-14(9-3-2-4-11(7-9)22(24)25)20-17(19-10-5-6-10)21-16(12)26-15/h4-6,9,24,26H,3,7,20H2,1-2H3,(H,21,22,23);2-4,7,10H,5-6,18H2,1H3,(H,19,20,21)/t9-;/m1./s1. The number of fused-ring (bicyclic) bond motifs is 2. The summed E-state index contributed by atoms with van der Waals surface area (Å²) >= 11 is 2.31. The Morgan fingerprint density at radius 1 is 0.962 bits per heavy atom. The number of thiophene rings is 2. The molecule has 18 heteroatoms. The van der Waals surface area contributed by atoms with Crippen LogP contribution in [0.1, 0.15) is 59.4 Å². The van der Waals surface area contributed by atoms with Crippen molar-refractivity contribution in [2.75, 3.05) is 28.7 Å². The van der Waals surface area contributed by atoms with Crippen LogP contribution in [0.15, 0.2) is 42.5 Å². The molecule has 1 fully saturated rings. The fraction of sp³-hybridized carbons (Fsp3) is 0.257. The summed E-state index contributed by atoms with van der Waals surface area (Å²) in [6.07, 6.45) is 2.73. The lowest BCUT2D eigenvalue weighted by molar-refractivity contribution is -0.384. The predicted octanol–water partition coefficient (Wildman–Crippen LogP) is 6.80. The number of aliphatic hydroxyl groups is 1. The van der Waals surface area contributed by atoms with E-state index in [0.29, 0.717) is 65.5 Å². The number of nitrogens with zero attached hydrogens (tertiary/aromatic N) is 5. The number of carbonyl (C=O) groups excluding carboxylic acids is 2. The van der Waals surface area contributed by atoms with Gasteiger partial charge in [0, 0.05) is 43.1 Å². The van der Waals surface area contributed by atoms with Gasteiger partial charge in [-0.3, -0.25) is 19.7 Å². The van der Waals surface area contributed by atoms with Gasteiger partial charge in [-0.25, -0.2) is 24.3 Å². The lowest BCUT2D eigenvalue weighted by Gasteiger charge is -2.15. The Kier molecular flexibility index (Phi) is 10.5. The minimum atomic E-state index is -0.840. The van der Waals surface area contributed by atoms with Crippen LogP contribution >= 0.6 is 22.7 Å². The number of rotatable bonds is 11. The van der Waals surface area contributed by atoms with E-state index in [4.69, 9.17) is 11.5 Å². The number of aromatic nitrogens is 4. The summed E-state index contributed by atoms with van der Waals surface area (Å²) < 4.78 is 14.6. The molecule has 7 rings (SSSR count). The highest BCUT2D eigenvalue weighted by molar-refractivity contribution is 7.21. The van der Waals surface area contributed by atoms with Crippen molar-refractivity contribution in [2.45, 2.75) is 52.1 Å². The zero-order chi connectivity index (χ0) is 38.1. The van der Waals surface area contributed by atoms with E-state index in [2.05, 4.69) is 30.6 Å². The Balaban J connectivity index is 0.000000181. The Bertz CT molecular complexity index is 2410. The first-order valence-corrected chi connectivity index (χ1v) is 18.0. The van der Waals surface area contributed by atoms with Crippen LogP contribution in [0.4, 0.5) is 33.3 Å². The highest BCUT2D eigenvalue weighted by Gasteiger charge is 2.26. The number of carbonyl (C=O) groups is 2. The fourth-order valence-electron chi connectivity index (χ4n) is 5.44. The van der Waals surface area contributed by atoms with Gasteiger partial charge in [-0.1, -0.05) is 25.1 Å². The lowest BCUT2D eigenvalue weighted by atomic mass is 10.1. The molecule has 15 nitrogen and oxygen atoms in total. The highest BCUT2D eigenvalue weighted by atomic mass is 32.1. The van der Waals surface area contributed by atoms with Crippen LogP contribution in [-0.4, -0.2) is 65.3 Å². The maximum absolute atomic E-state index is 14.6. The van der Waals surface area contributed by atoms with E-state index >= 15 is 0 Å². The Labute approximate surface area is 309 Å². The van der Waals surface area contributed by atoms with Crippen LogP contribution in [0.3, 0.4) is 0 Å². The van der Waals surface area contributed by atoms with Crippen molar-refractivity contribution in [3.63, 3.8) is 0 Å². The molecule has 0 unspecified atom stereocenters. The van der Waals surface area contributed by atoms with Crippen molar-refractivity contribution in [1.82, 2.24) is 19.9 Å². The largest absolute Gasteiger partial charge is 0.505 e. The smallest absolute Gasteiger partial charge is 0.270 e. The van der Waals surface area contributed by atoms with Gasteiger partial charge in [-0.2, -0.15) is 0 Å². The van der Waals surface area contributed by atoms with Crippen LogP contribution in [-0.2, 0) is 0 Å². The van der Waals surface area contributed by atoms with E-state index in [1.54, 1.807) is 12.1 Å². The third-order valence-corrected chi connectivity index (χ3v) is 10.7. The monoisotopic (exact) mass is 759 g/mol. The van der Waals surface area contributed by atoms with E-state index in [1.807, 2.05) is 6.92 Å². The maximum Gasteiger partial charge on any atom is 0.270 e. The second-order valence-electron chi connectivity index (χ2n) is 12.3. The molecule has 4 heterocycles. The van der Waals surface area contributed by atoms with Crippen molar-refractivity contribution < 1.29 is 29.1 Å². The third-order valence-electron chi connectivity index (χ3n) is 8.34. The Hall–Kier alpha value is -5.85. The number of hydrogen-bond acceptors (Lipinski definition) is 16. The number of nitrogen functional groups attached to an aromatic ring is 2. The average Bonchev–Trinajstić information content (AvgIpc) is 3.79. The molecule has 53 heavy (non-hydrogen) atoms. The zero-order valence-corrected chi connectivity index (χ0v) is 30.3. The third kappa shape index (κ3) is 7.55. The van der Waals surface area contributed by atoms with Gasteiger partial charge in [0.25, 0.3) is 5.69 Å². The first-order chi connectivity index (χ1) is 25.3. The topological polar surface area (TPSA) is 245 Å². The summed E-state index contributed by atoms with van der Waals surface area (Å²) in [5.41, 5.74) is 14.1. The van der Waals surface area contributed by atoms with Crippen molar-refractivity contribution in [3.8, 4) is 28.3 Å². The number of benzene rings is 2. The van der Waals surface area contributed by atoms with Crippen molar-refractivity contribution in [1.29, 1.82) is 0 Å². The van der Waals surface area contributed by atoms with Gasteiger partial charge >= 0.3 is 0 Å².